The van der Waals surface area contributed by atoms with Gasteiger partial charge in [0.15, 0.2) is 15.6 Å². The van der Waals surface area contributed by atoms with Crippen molar-refractivity contribution in [2.75, 3.05) is 6.26 Å². The monoisotopic (exact) mass is 401 g/mol. The average molecular weight is 402 g/mol. The third kappa shape index (κ3) is 3.89. The van der Waals surface area contributed by atoms with Gasteiger partial charge in [-0.1, -0.05) is 41.0 Å². The molecule has 0 aliphatic heterocycles. The first kappa shape index (κ1) is 17.8. The molecule has 0 spiro atoms. The third-order valence-electron chi connectivity index (χ3n) is 4.14. The normalized spacial score (nSPS) is 11.9. The smallest absolute Gasteiger partial charge is 0.157 e. The molecule has 0 aliphatic carbocycles. The first-order valence-electron chi connectivity index (χ1n) is 8.22. The van der Waals surface area contributed by atoms with E-state index in [0.29, 0.717) is 28.8 Å². The summed E-state index contributed by atoms with van der Waals surface area (Å²) in [6, 6.07) is 16.7. The van der Waals surface area contributed by atoms with E-state index in [4.69, 9.17) is 16.1 Å². The Morgan fingerprint density at radius 1 is 1.11 bits per heavy atom. The van der Waals surface area contributed by atoms with Crippen LogP contribution in [0.5, 0.6) is 0 Å². The molecule has 27 heavy (non-hydrogen) atoms. The number of hydrogen-bond acceptors (Lipinski definition) is 5. The summed E-state index contributed by atoms with van der Waals surface area (Å²) < 4.78 is 30.9. The molecule has 2 heterocycles. The van der Waals surface area contributed by atoms with Crippen LogP contribution in [0.1, 0.15) is 11.6 Å². The van der Waals surface area contributed by atoms with E-state index >= 15 is 0 Å². The van der Waals surface area contributed by atoms with Gasteiger partial charge in [-0.15, -0.1) is 0 Å². The second kappa shape index (κ2) is 6.83. The fourth-order valence-corrected chi connectivity index (χ4v) is 3.76. The largest absolute Gasteiger partial charge is 0.359 e. The Labute approximate surface area is 161 Å². The minimum atomic E-state index is -3.22. The predicted molar refractivity (Wildman–Crippen MR) is 104 cm³/mol. The molecule has 0 amide bonds. The molecular formula is C19H16ClN3O3S. The van der Waals surface area contributed by atoms with Crippen LogP contribution in [-0.2, 0) is 22.1 Å². The van der Waals surface area contributed by atoms with Gasteiger partial charge in [-0.05, 0) is 24.3 Å². The van der Waals surface area contributed by atoms with Crippen molar-refractivity contribution in [3.05, 3.63) is 71.2 Å². The number of sulfone groups is 1. The molecule has 8 heteroatoms. The molecule has 0 saturated carbocycles. The summed E-state index contributed by atoms with van der Waals surface area (Å²) in [7, 11) is -3.22. The number of benzene rings is 2. The Bertz CT molecular complexity index is 1210. The van der Waals surface area contributed by atoms with Crippen molar-refractivity contribution in [2.24, 2.45) is 0 Å². The van der Waals surface area contributed by atoms with Crippen LogP contribution in [0.4, 0.5) is 0 Å². The maximum atomic E-state index is 11.8. The Balaban J connectivity index is 1.71. The van der Waals surface area contributed by atoms with E-state index in [1.165, 1.54) is 6.26 Å². The Morgan fingerprint density at radius 2 is 1.85 bits per heavy atom. The molecule has 4 rings (SSSR count). The van der Waals surface area contributed by atoms with Crippen LogP contribution in [0.3, 0.4) is 0 Å². The van der Waals surface area contributed by atoms with E-state index in [2.05, 4.69) is 10.1 Å². The summed E-state index contributed by atoms with van der Waals surface area (Å²) >= 11 is 5.92. The van der Waals surface area contributed by atoms with Gasteiger partial charge in [0, 0.05) is 22.9 Å². The van der Waals surface area contributed by atoms with E-state index in [0.717, 1.165) is 16.6 Å². The summed E-state index contributed by atoms with van der Waals surface area (Å²) in [6.07, 6.45) is 1.20. The Kier molecular flexibility index (Phi) is 4.49. The molecule has 0 unspecified atom stereocenters. The van der Waals surface area contributed by atoms with Crippen LogP contribution in [0, 0.1) is 0 Å². The zero-order valence-electron chi connectivity index (χ0n) is 14.5. The number of aromatic nitrogens is 3. The summed E-state index contributed by atoms with van der Waals surface area (Å²) in [5, 5.41) is 4.76. The van der Waals surface area contributed by atoms with Crippen molar-refractivity contribution >= 4 is 32.5 Å². The van der Waals surface area contributed by atoms with E-state index < -0.39 is 9.84 Å². The molecule has 0 aliphatic rings. The molecule has 6 nitrogen and oxygen atoms in total. The maximum absolute atomic E-state index is 11.8. The number of imidazole rings is 1. The van der Waals surface area contributed by atoms with Gasteiger partial charge < -0.3 is 9.09 Å². The minimum Gasteiger partial charge on any atom is -0.359 e. The number of hydrogen-bond donors (Lipinski definition) is 0. The van der Waals surface area contributed by atoms with Gasteiger partial charge in [0.25, 0.3) is 0 Å². The van der Waals surface area contributed by atoms with E-state index in [-0.39, 0.29) is 5.75 Å². The summed E-state index contributed by atoms with van der Waals surface area (Å²) in [4.78, 5) is 4.48. The lowest BCUT2D eigenvalue weighted by atomic mass is 10.1. The minimum absolute atomic E-state index is 0.139. The Hall–Kier alpha value is -2.64. The zero-order chi connectivity index (χ0) is 19.0. The molecule has 2 aromatic heterocycles. The maximum Gasteiger partial charge on any atom is 0.157 e. The molecule has 138 valence electrons. The molecule has 0 N–H and O–H groups in total. The van der Waals surface area contributed by atoms with Crippen molar-refractivity contribution in [2.45, 2.75) is 12.3 Å². The molecule has 4 aromatic rings. The van der Waals surface area contributed by atoms with Gasteiger partial charge in [0.05, 0.1) is 17.6 Å². The molecule has 0 saturated heterocycles. The summed E-state index contributed by atoms with van der Waals surface area (Å²) in [5.74, 6) is 0.945. The molecule has 2 aromatic carbocycles. The average Bonchev–Trinajstić information content (AvgIpc) is 3.20. The number of nitrogens with zero attached hydrogens (tertiary/aromatic N) is 3. The highest BCUT2D eigenvalue weighted by molar-refractivity contribution is 7.89. The first-order chi connectivity index (χ1) is 12.9. The van der Waals surface area contributed by atoms with E-state index in [1.54, 1.807) is 12.1 Å². The highest BCUT2D eigenvalue weighted by Gasteiger charge is 2.17. The van der Waals surface area contributed by atoms with Crippen molar-refractivity contribution < 1.29 is 12.9 Å². The number of para-hydroxylation sites is 2. The highest BCUT2D eigenvalue weighted by atomic mass is 35.5. The first-order valence-corrected chi connectivity index (χ1v) is 10.7. The second-order valence-corrected chi connectivity index (χ2v) is 8.93. The quantitative estimate of drug-likeness (QED) is 0.506. The van der Waals surface area contributed by atoms with Crippen molar-refractivity contribution in [1.29, 1.82) is 0 Å². The number of rotatable bonds is 5. The SMILES string of the molecule is CS(=O)(=O)Cc1nc2ccccc2n1Cc1cc(-c2ccc(Cl)cc2)no1. The fraction of sp³-hybridized carbons (Fsp3) is 0.158. The Morgan fingerprint density at radius 3 is 2.59 bits per heavy atom. The lowest BCUT2D eigenvalue weighted by Gasteiger charge is -2.06. The topological polar surface area (TPSA) is 78.0 Å². The molecule has 0 fully saturated rings. The van der Waals surface area contributed by atoms with Gasteiger partial charge in [-0.3, -0.25) is 0 Å². The fourth-order valence-electron chi connectivity index (χ4n) is 2.95. The van der Waals surface area contributed by atoms with Crippen LogP contribution in [0.15, 0.2) is 59.1 Å². The van der Waals surface area contributed by atoms with Crippen LogP contribution in [0.25, 0.3) is 22.3 Å². The predicted octanol–water partition coefficient (Wildman–Crippen LogP) is 3.94. The van der Waals surface area contributed by atoms with Crippen LogP contribution < -0.4 is 0 Å². The van der Waals surface area contributed by atoms with Crippen molar-refractivity contribution in [3.63, 3.8) is 0 Å². The summed E-state index contributed by atoms with van der Waals surface area (Å²) in [5.41, 5.74) is 3.17. The van der Waals surface area contributed by atoms with Gasteiger partial charge >= 0.3 is 0 Å². The van der Waals surface area contributed by atoms with Gasteiger partial charge in [0.1, 0.15) is 17.3 Å². The van der Waals surface area contributed by atoms with Crippen molar-refractivity contribution in [3.8, 4) is 11.3 Å². The number of fused-ring (bicyclic) bond motifs is 1. The van der Waals surface area contributed by atoms with Gasteiger partial charge in [-0.25, -0.2) is 13.4 Å². The lowest BCUT2D eigenvalue weighted by Crippen LogP contribution is -2.10. The summed E-state index contributed by atoms with van der Waals surface area (Å²) in [6.45, 7) is 0.339. The molecule has 0 bridgehead atoms. The zero-order valence-corrected chi connectivity index (χ0v) is 16.0. The van der Waals surface area contributed by atoms with Gasteiger partial charge in [-0.2, -0.15) is 0 Å². The lowest BCUT2D eigenvalue weighted by molar-refractivity contribution is 0.378. The van der Waals surface area contributed by atoms with Crippen molar-refractivity contribution in [1.82, 2.24) is 14.7 Å². The second-order valence-electron chi connectivity index (χ2n) is 6.36. The van der Waals surface area contributed by atoms with Crippen LogP contribution in [-0.4, -0.2) is 29.4 Å². The van der Waals surface area contributed by atoms with E-state index in [1.807, 2.05) is 47.0 Å². The molecule has 0 radical (unpaired) electrons. The standard InChI is InChI=1S/C19H16ClN3O3S/c1-27(24,25)12-19-21-16-4-2-3-5-18(16)23(19)11-15-10-17(22-26-15)13-6-8-14(20)9-7-13/h2-10H,11-12H2,1H3. The van der Waals surface area contributed by atoms with Crippen LogP contribution >= 0.6 is 11.6 Å². The molecule has 0 atom stereocenters. The van der Waals surface area contributed by atoms with E-state index in [9.17, 15) is 8.42 Å². The van der Waals surface area contributed by atoms with Crippen LogP contribution in [0.2, 0.25) is 5.02 Å². The highest BCUT2D eigenvalue weighted by Crippen LogP contribution is 2.24. The number of halogens is 1. The third-order valence-corrected chi connectivity index (χ3v) is 5.17. The molecular weight excluding hydrogens is 386 g/mol. The van der Waals surface area contributed by atoms with Gasteiger partial charge in [0.2, 0.25) is 0 Å².